The molecule has 6 heteroatoms. The van der Waals surface area contributed by atoms with Crippen LogP contribution in [0.25, 0.3) is 0 Å². The zero-order chi connectivity index (χ0) is 13.3. The molecule has 0 radical (unpaired) electrons. The van der Waals surface area contributed by atoms with E-state index in [0.29, 0.717) is 19.4 Å². The van der Waals surface area contributed by atoms with Gasteiger partial charge in [0.2, 0.25) is 10.0 Å². The van der Waals surface area contributed by atoms with E-state index in [1.165, 1.54) is 29.6 Å². The fraction of sp³-hybridized carbons (Fsp3) is 0.500. The molecule has 0 amide bonds. The first-order valence-electron chi connectivity index (χ1n) is 5.79. The topological polar surface area (TPSA) is 57.6 Å². The van der Waals surface area contributed by atoms with Gasteiger partial charge >= 0.3 is 0 Å². The Bertz CT molecular complexity index is 526. The third-order valence-electron chi connectivity index (χ3n) is 3.23. The molecule has 1 N–H and O–H groups in total. The Morgan fingerprint density at radius 2 is 2.11 bits per heavy atom. The standard InChI is InChI=1S/C12H16FNO3S/c1-14(8-9-5-11(15)6-9)18(16,17)12-4-2-3-10(13)7-12/h2-4,7,9,11,15H,5-6,8H2,1H3. The molecule has 1 saturated carbocycles. The first-order valence-corrected chi connectivity index (χ1v) is 7.23. The summed E-state index contributed by atoms with van der Waals surface area (Å²) in [6, 6.07) is 4.98. The molecule has 100 valence electrons. The smallest absolute Gasteiger partial charge is 0.242 e. The van der Waals surface area contributed by atoms with Crippen LogP contribution >= 0.6 is 0 Å². The zero-order valence-electron chi connectivity index (χ0n) is 10.1. The summed E-state index contributed by atoms with van der Waals surface area (Å²) in [5.74, 6) is -0.378. The first kappa shape index (κ1) is 13.5. The number of hydrogen-bond acceptors (Lipinski definition) is 3. The summed E-state index contributed by atoms with van der Waals surface area (Å²) in [5, 5.41) is 9.17. The van der Waals surface area contributed by atoms with Gasteiger partial charge in [0.25, 0.3) is 0 Å². The summed E-state index contributed by atoms with van der Waals surface area (Å²) in [6.07, 6.45) is 0.951. The van der Waals surface area contributed by atoms with Crippen molar-refractivity contribution >= 4 is 10.0 Å². The fourth-order valence-corrected chi connectivity index (χ4v) is 3.40. The van der Waals surface area contributed by atoms with Crippen LogP contribution in [-0.2, 0) is 10.0 Å². The van der Waals surface area contributed by atoms with E-state index >= 15 is 0 Å². The van der Waals surface area contributed by atoms with E-state index in [1.54, 1.807) is 0 Å². The Balaban J connectivity index is 2.10. The van der Waals surface area contributed by atoms with E-state index in [4.69, 9.17) is 5.11 Å². The molecule has 18 heavy (non-hydrogen) atoms. The van der Waals surface area contributed by atoms with Crippen molar-refractivity contribution in [2.24, 2.45) is 5.92 Å². The van der Waals surface area contributed by atoms with E-state index in [0.717, 1.165) is 6.07 Å². The second-order valence-electron chi connectivity index (χ2n) is 4.73. The lowest BCUT2D eigenvalue weighted by Crippen LogP contribution is -2.39. The normalized spacial score (nSPS) is 24.0. The van der Waals surface area contributed by atoms with Gasteiger partial charge in [-0.15, -0.1) is 0 Å². The number of rotatable bonds is 4. The number of sulfonamides is 1. The highest BCUT2D eigenvalue weighted by Gasteiger charge is 2.31. The minimum absolute atomic E-state index is 0.0372. The van der Waals surface area contributed by atoms with Gasteiger partial charge in [-0.05, 0) is 37.0 Å². The Morgan fingerprint density at radius 3 is 2.67 bits per heavy atom. The molecule has 0 heterocycles. The minimum Gasteiger partial charge on any atom is -0.393 e. The average Bonchev–Trinajstić information content (AvgIpc) is 2.26. The second kappa shape index (κ2) is 4.95. The molecule has 0 aliphatic heterocycles. The summed E-state index contributed by atoms with van der Waals surface area (Å²) in [6.45, 7) is 0.357. The molecule has 0 spiro atoms. The molecular weight excluding hydrogens is 257 g/mol. The Kier molecular flexibility index (Phi) is 3.70. The van der Waals surface area contributed by atoms with Gasteiger partial charge in [0.05, 0.1) is 11.0 Å². The van der Waals surface area contributed by atoms with Crippen LogP contribution in [0.1, 0.15) is 12.8 Å². The van der Waals surface area contributed by atoms with Crippen molar-refractivity contribution in [1.29, 1.82) is 0 Å². The average molecular weight is 273 g/mol. The summed E-state index contributed by atoms with van der Waals surface area (Å²) in [5.41, 5.74) is 0. The van der Waals surface area contributed by atoms with Gasteiger partial charge < -0.3 is 5.11 Å². The summed E-state index contributed by atoms with van der Waals surface area (Å²) >= 11 is 0. The molecule has 1 aliphatic carbocycles. The predicted molar refractivity (Wildman–Crippen MR) is 64.9 cm³/mol. The molecule has 0 saturated heterocycles. The Hall–Kier alpha value is -0.980. The summed E-state index contributed by atoms with van der Waals surface area (Å²) in [4.78, 5) is -0.0372. The Labute approximate surface area is 106 Å². The maximum Gasteiger partial charge on any atom is 0.242 e. The van der Waals surface area contributed by atoms with Crippen LogP contribution in [-0.4, -0.2) is 37.5 Å². The predicted octanol–water partition coefficient (Wildman–Crippen LogP) is 1.22. The highest BCUT2D eigenvalue weighted by atomic mass is 32.2. The molecule has 4 nitrogen and oxygen atoms in total. The summed E-state index contributed by atoms with van der Waals surface area (Å²) in [7, 11) is -2.16. The SMILES string of the molecule is CN(CC1CC(O)C1)S(=O)(=O)c1cccc(F)c1. The quantitative estimate of drug-likeness (QED) is 0.897. The number of benzene rings is 1. The molecule has 0 unspecified atom stereocenters. The third kappa shape index (κ3) is 2.71. The molecule has 1 aromatic carbocycles. The highest BCUT2D eigenvalue weighted by molar-refractivity contribution is 7.89. The zero-order valence-corrected chi connectivity index (χ0v) is 10.9. The molecule has 2 rings (SSSR count). The number of aliphatic hydroxyl groups is 1. The van der Waals surface area contributed by atoms with Crippen LogP contribution in [0.2, 0.25) is 0 Å². The molecule has 1 aliphatic rings. The number of halogens is 1. The van der Waals surface area contributed by atoms with Crippen molar-refractivity contribution < 1.29 is 17.9 Å². The lowest BCUT2D eigenvalue weighted by atomic mass is 9.82. The Morgan fingerprint density at radius 1 is 1.44 bits per heavy atom. The monoisotopic (exact) mass is 273 g/mol. The van der Waals surface area contributed by atoms with Crippen molar-refractivity contribution in [3.05, 3.63) is 30.1 Å². The van der Waals surface area contributed by atoms with Gasteiger partial charge in [0.1, 0.15) is 5.82 Å². The van der Waals surface area contributed by atoms with Gasteiger partial charge in [-0.1, -0.05) is 6.07 Å². The van der Waals surface area contributed by atoms with Crippen LogP contribution in [0.3, 0.4) is 0 Å². The van der Waals surface area contributed by atoms with Gasteiger partial charge in [-0.25, -0.2) is 17.1 Å². The first-order chi connectivity index (χ1) is 8.39. The summed E-state index contributed by atoms with van der Waals surface area (Å²) < 4.78 is 38.5. The van der Waals surface area contributed by atoms with Crippen molar-refractivity contribution in [3.63, 3.8) is 0 Å². The maximum absolute atomic E-state index is 13.0. The van der Waals surface area contributed by atoms with Crippen LogP contribution in [0, 0.1) is 11.7 Å². The van der Waals surface area contributed by atoms with Crippen molar-refractivity contribution in [3.8, 4) is 0 Å². The maximum atomic E-state index is 13.0. The lowest BCUT2D eigenvalue weighted by Gasteiger charge is -2.34. The lowest BCUT2D eigenvalue weighted by molar-refractivity contribution is 0.0367. The van der Waals surface area contributed by atoms with Crippen molar-refractivity contribution in [1.82, 2.24) is 4.31 Å². The van der Waals surface area contributed by atoms with E-state index in [1.807, 2.05) is 0 Å². The van der Waals surface area contributed by atoms with Gasteiger partial charge in [0.15, 0.2) is 0 Å². The fourth-order valence-electron chi connectivity index (χ4n) is 2.12. The van der Waals surface area contributed by atoms with E-state index in [9.17, 15) is 12.8 Å². The molecule has 0 aromatic heterocycles. The van der Waals surface area contributed by atoms with Crippen molar-refractivity contribution in [2.45, 2.75) is 23.8 Å². The molecular formula is C12H16FNO3S. The number of nitrogens with zero attached hydrogens (tertiary/aromatic N) is 1. The minimum atomic E-state index is -3.64. The van der Waals surface area contributed by atoms with Gasteiger partial charge in [0, 0.05) is 13.6 Å². The molecule has 1 aromatic rings. The second-order valence-corrected chi connectivity index (χ2v) is 6.78. The van der Waals surface area contributed by atoms with Crippen molar-refractivity contribution in [2.75, 3.05) is 13.6 Å². The van der Waals surface area contributed by atoms with E-state index in [2.05, 4.69) is 0 Å². The van der Waals surface area contributed by atoms with Gasteiger partial charge in [-0.2, -0.15) is 0 Å². The van der Waals surface area contributed by atoms with Crippen LogP contribution < -0.4 is 0 Å². The number of aliphatic hydroxyl groups excluding tert-OH is 1. The highest BCUT2D eigenvalue weighted by Crippen LogP contribution is 2.29. The molecule has 1 fully saturated rings. The van der Waals surface area contributed by atoms with Gasteiger partial charge in [-0.3, -0.25) is 0 Å². The number of hydrogen-bond donors (Lipinski definition) is 1. The molecule has 0 bridgehead atoms. The van der Waals surface area contributed by atoms with Crippen LogP contribution in [0.4, 0.5) is 4.39 Å². The van der Waals surface area contributed by atoms with Crippen LogP contribution in [0.15, 0.2) is 29.2 Å². The third-order valence-corrected chi connectivity index (χ3v) is 5.05. The van der Waals surface area contributed by atoms with Crippen LogP contribution in [0.5, 0.6) is 0 Å². The molecule has 0 atom stereocenters. The largest absolute Gasteiger partial charge is 0.393 e. The van der Waals surface area contributed by atoms with E-state index in [-0.39, 0.29) is 16.9 Å². The van der Waals surface area contributed by atoms with E-state index < -0.39 is 15.8 Å².